The van der Waals surface area contributed by atoms with Crippen LogP contribution in [0.2, 0.25) is 0 Å². The number of methoxy groups -OCH3 is 1. The fourth-order valence-electron chi connectivity index (χ4n) is 1.74. The van der Waals surface area contributed by atoms with E-state index in [1.54, 1.807) is 0 Å². The van der Waals surface area contributed by atoms with E-state index in [4.69, 9.17) is 4.74 Å². The predicted molar refractivity (Wildman–Crippen MR) is 74.3 cm³/mol. The Labute approximate surface area is 129 Å². The summed E-state index contributed by atoms with van der Waals surface area (Å²) in [6.07, 6.45) is 0. The van der Waals surface area contributed by atoms with Crippen molar-refractivity contribution in [2.75, 3.05) is 14.2 Å². The lowest BCUT2D eigenvalue weighted by molar-refractivity contribution is -0.384. The number of imide groups is 2. The number of likely N-dealkylation sites (N-methyl/N-ethyl adjacent to an activating group) is 1. The lowest BCUT2D eigenvalue weighted by atomic mass is 10.2. The van der Waals surface area contributed by atoms with Crippen molar-refractivity contribution in [1.29, 1.82) is 0 Å². The number of urea groups is 1. The van der Waals surface area contributed by atoms with Crippen molar-refractivity contribution >= 4 is 29.2 Å². The van der Waals surface area contributed by atoms with E-state index < -0.39 is 34.5 Å². The second-order valence-corrected chi connectivity index (χ2v) is 4.42. The lowest BCUT2D eigenvalue weighted by Gasteiger charge is -2.23. The number of ether oxygens (including phenoxy) is 1. The van der Waals surface area contributed by atoms with Crippen molar-refractivity contribution in [3.8, 4) is 5.75 Å². The molecule has 0 aliphatic carbocycles. The highest BCUT2D eigenvalue weighted by Crippen LogP contribution is 2.31. The molecule has 4 amide bonds. The number of nitro groups is 1. The summed E-state index contributed by atoms with van der Waals surface area (Å²) in [6, 6.07) is 1.36. The minimum Gasteiger partial charge on any atom is -0.496 e. The van der Waals surface area contributed by atoms with Gasteiger partial charge in [0.1, 0.15) is 5.75 Å². The van der Waals surface area contributed by atoms with E-state index in [0.29, 0.717) is 4.90 Å². The summed E-state index contributed by atoms with van der Waals surface area (Å²) >= 11 is 0. The van der Waals surface area contributed by atoms with E-state index in [0.717, 1.165) is 6.07 Å². The van der Waals surface area contributed by atoms with Gasteiger partial charge in [0.05, 0.1) is 18.1 Å². The molecule has 1 aromatic carbocycles. The molecule has 23 heavy (non-hydrogen) atoms. The van der Waals surface area contributed by atoms with Crippen LogP contribution < -0.4 is 10.1 Å². The van der Waals surface area contributed by atoms with Gasteiger partial charge in [-0.15, -0.1) is 5.11 Å². The molecule has 11 nitrogen and oxygen atoms in total. The SMILES string of the molecule is COc1ccc(N=NC2C(=O)NC(=O)N(C)C2=O)c([N+](=O)[O-])c1. The Hall–Kier alpha value is -3.37. The molecular formula is C12H11N5O6. The number of nitro benzene ring substituents is 1. The van der Waals surface area contributed by atoms with Gasteiger partial charge in [0.25, 0.3) is 17.5 Å². The highest BCUT2D eigenvalue weighted by molar-refractivity contribution is 6.18. The van der Waals surface area contributed by atoms with Gasteiger partial charge in [-0.05, 0) is 12.1 Å². The predicted octanol–water partition coefficient (Wildman–Crippen LogP) is 0.764. The maximum Gasteiger partial charge on any atom is 0.330 e. The second-order valence-electron chi connectivity index (χ2n) is 4.42. The van der Waals surface area contributed by atoms with Crippen molar-refractivity contribution in [2.24, 2.45) is 10.2 Å². The van der Waals surface area contributed by atoms with E-state index >= 15 is 0 Å². The second kappa shape index (κ2) is 6.17. The van der Waals surface area contributed by atoms with E-state index in [2.05, 4.69) is 10.2 Å². The summed E-state index contributed by atoms with van der Waals surface area (Å²) in [5.74, 6) is -1.58. The van der Waals surface area contributed by atoms with Crippen molar-refractivity contribution in [2.45, 2.75) is 6.04 Å². The molecule has 1 aliphatic heterocycles. The van der Waals surface area contributed by atoms with E-state index in [1.807, 2.05) is 5.32 Å². The first kappa shape index (κ1) is 16.0. The van der Waals surface area contributed by atoms with Crippen molar-refractivity contribution < 1.29 is 24.0 Å². The van der Waals surface area contributed by atoms with Crippen molar-refractivity contribution in [3.63, 3.8) is 0 Å². The molecule has 120 valence electrons. The molecule has 1 N–H and O–H groups in total. The number of nitrogens with zero attached hydrogens (tertiary/aromatic N) is 4. The Bertz CT molecular complexity index is 731. The smallest absolute Gasteiger partial charge is 0.330 e. The maximum absolute atomic E-state index is 11.8. The third-order valence-corrected chi connectivity index (χ3v) is 3.01. The highest BCUT2D eigenvalue weighted by atomic mass is 16.6. The molecule has 0 aromatic heterocycles. The minimum absolute atomic E-state index is 0.157. The van der Waals surface area contributed by atoms with Gasteiger partial charge < -0.3 is 4.74 Å². The quantitative estimate of drug-likeness (QED) is 0.375. The van der Waals surface area contributed by atoms with Crippen molar-refractivity contribution in [3.05, 3.63) is 28.3 Å². The first-order chi connectivity index (χ1) is 10.8. The molecule has 0 bridgehead atoms. The summed E-state index contributed by atoms with van der Waals surface area (Å²) in [5.41, 5.74) is -0.558. The maximum atomic E-state index is 11.8. The molecule has 1 fully saturated rings. The standard InChI is InChI=1S/C12H11N5O6/c1-16-11(19)9(10(18)13-12(16)20)15-14-7-4-3-6(23-2)5-8(7)17(21)22/h3-5,9H,1-2H3,(H,13,18,20). The number of rotatable bonds is 4. The van der Waals surface area contributed by atoms with Crippen LogP contribution >= 0.6 is 0 Å². The van der Waals surface area contributed by atoms with Gasteiger partial charge in [0.2, 0.25) is 6.04 Å². The molecule has 1 atom stereocenters. The number of azo groups is 1. The fourth-order valence-corrected chi connectivity index (χ4v) is 1.74. The van der Waals surface area contributed by atoms with Crippen LogP contribution in [-0.4, -0.2) is 47.9 Å². The average Bonchev–Trinajstić information content (AvgIpc) is 2.52. The number of amides is 4. The normalized spacial score (nSPS) is 18.3. The van der Waals surface area contributed by atoms with Gasteiger partial charge >= 0.3 is 6.03 Å². The number of carbonyl (C=O) groups is 3. The zero-order valence-corrected chi connectivity index (χ0v) is 12.0. The molecule has 2 rings (SSSR count). The summed E-state index contributed by atoms with van der Waals surface area (Å²) in [6.45, 7) is 0. The van der Waals surface area contributed by atoms with Gasteiger partial charge in [0, 0.05) is 7.05 Å². The minimum atomic E-state index is -1.58. The van der Waals surface area contributed by atoms with Gasteiger partial charge in [0.15, 0.2) is 5.69 Å². The Morgan fingerprint density at radius 1 is 1.35 bits per heavy atom. The number of hydrogen-bond acceptors (Lipinski definition) is 8. The lowest BCUT2D eigenvalue weighted by Crippen LogP contribution is -2.58. The number of benzene rings is 1. The van der Waals surface area contributed by atoms with Gasteiger partial charge in [-0.2, -0.15) is 5.11 Å². The van der Waals surface area contributed by atoms with Crippen LogP contribution in [0, 0.1) is 10.1 Å². The van der Waals surface area contributed by atoms with Crippen LogP contribution in [0.25, 0.3) is 0 Å². The third kappa shape index (κ3) is 3.12. The van der Waals surface area contributed by atoms with Crippen molar-refractivity contribution in [1.82, 2.24) is 10.2 Å². The molecule has 11 heteroatoms. The van der Waals surface area contributed by atoms with E-state index in [1.165, 1.54) is 26.3 Å². The number of barbiturate groups is 1. The topological polar surface area (TPSA) is 144 Å². The third-order valence-electron chi connectivity index (χ3n) is 3.01. The molecule has 0 spiro atoms. The molecule has 0 saturated carbocycles. The number of carbonyl (C=O) groups excluding carboxylic acids is 3. The first-order valence-electron chi connectivity index (χ1n) is 6.21. The molecule has 0 radical (unpaired) electrons. The monoisotopic (exact) mass is 321 g/mol. The summed E-state index contributed by atoms with van der Waals surface area (Å²) in [7, 11) is 2.51. The summed E-state index contributed by atoms with van der Waals surface area (Å²) in [4.78, 5) is 45.7. The Kier molecular flexibility index (Phi) is 4.30. The van der Waals surface area contributed by atoms with Gasteiger partial charge in [-0.3, -0.25) is 29.9 Å². The first-order valence-corrected chi connectivity index (χ1v) is 6.21. The Morgan fingerprint density at radius 2 is 2.04 bits per heavy atom. The number of nitrogens with one attached hydrogen (secondary N) is 1. The van der Waals surface area contributed by atoms with E-state index in [9.17, 15) is 24.5 Å². The fraction of sp³-hybridized carbons (Fsp3) is 0.250. The number of hydrogen-bond donors (Lipinski definition) is 1. The van der Waals surface area contributed by atoms with Gasteiger partial charge in [-0.25, -0.2) is 4.79 Å². The summed E-state index contributed by atoms with van der Waals surface area (Å²) < 4.78 is 4.88. The average molecular weight is 321 g/mol. The Balaban J connectivity index is 2.33. The molecule has 1 aliphatic rings. The molecule has 1 aromatic rings. The van der Waals surface area contributed by atoms with Crippen LogP contribution in [0.5, 0.6) is 5.75 Å². The van der Waals surface area contributed by atoms with Crippen LogP contribution in [0.1, 0.15) is 0 Å². The molecule has 1 saturated heterocycles. The summed E-state index contributed by atoms with van der Waals surface area (Å²) in [5, 5.41) is 20.1. The van der Waals surface area contributed by atoms with E-state index in [-0.39, 0.29) is 11.4 Å². The van der Waals surface area contributed by atoms with Crippen LogP contribution in [0.15, 0.2) is 28.4 Å². The highest BCUT2D eigenvalue weighted by Gasteiger charge is 2.38. The molecule has 1 unspecified atom stereocenters. The zero-order valence-electron chi connectivity index (χ0n) is 12.0. The van der Waals surface area contributed by atoms with Crippen LogP contribution in [0.4, 0.5) is 16.2 Å². The van der Waals surface area contributed by atoms with Gasteiger partial charge in [-0.1, -0.05) is 0 Å². The molecular weight excluding hydrogens is 310 g/mol. The Morgan fingerprint density at radius 3 is 2.65 bits per heavy atom. The zero-order chi connectivity index (χ0) is 17.1. The largest absolute Gasteiger partial charge is 0.496 e. The van der Waals surface area contributed by atoms with Crippen LogP contribution in [-0.2, 0) is 9.59 Å². The van der Waals surface area contributed by atoms with Crippen LogP contribution in [0.3, 0.4) is 0 Å². The molecule has 1 heterocycles.